The largest absolute Gasteiger partial charge is 0.328 e. The summed E-state index contributed by atoms with van der Waals surface area (Å²) >= 11 is 0. The molecule has 0 heterocycles. The zero-order chi connectivity index (χ0) is 12.7. The number of rotatable bonds is 7. The molecule has 2 N–H and O–H groups in total. The molecule has 0 saturated carbocycles. The van der Waals surface area contributed by atoms with Crippen LogP contribution in [0.1, 0.15) is 50.7 Å². The smallest absolute Gasteiger partial charge is 0.00419 e. The molecule has 0 saturated heterocycles. The third kappa shape index (κ3) is 6.48. The highest BCUT2D eigenvalue weighted by molar-refractivity contribution is 5.22. The minimum absolute atomic E-state index is 0.370. The zero-order valence-electron chi connectivity index (χ0n) is 11.6. The summed E-state index contributed by atoms with van der Waals surface area (Å²) in [5.41, 5.74) is 8.91. The van der Waals surface area contributed by atoms with E-state index in [1.807, 2.05) is 0 Å². The number of benzene rings is 1. The molecule has 0 amide bonds. The van der Waals surface area contributed by atoms with Crippen molar-refractivity contribution in [1.29, 1.82) is 0 Å². The van der Waals surface area contributed by atoms with Crippen LogP contribution in [0.2, 0.25) is 0 Å². The Morgan fingerprint density at radius 1 is 1.12 bits per heavy atom. The average Bonchev–Trinajstić information content (AvgIpc) is 2.26. The molecule has 0 fully saturated rings. The van der Waals surface area contributed by atoms with Gasteiger partial charge >= 0.3 is 0 Å². The fourth-order valence-corrected chi connectivity index (χ4v) is 2.15. The van der Waals surface area contributed by atoms with Crippen molar-refractivity contribution in [2.45, 2.75) is 58.9 Å². The highest BCUT2D eigenvalue weighted by Gasteiger charge is 2.04. The second kappa shape index (κ2) is 7.50. The van der Waals surface area contributed by atoms with Crippen LogP contribution >= 0.6 is 0 Å². The molecule has 0 spiro atoms. The quantitative estimate of drug-likeness (QED) is 0.754. The molecule has 1 aromatic carbocycles. The Kier molecular flexibility index (Phi) is 6.28. The molecule has 0 aromatic heterocycles. The van der Waals surface area contributed by atoms with E-state index in [2.05, 4.69) is 45.0 Å². The maximum absolute atomic E-state index is 6.15. The second-order valence-corrected chi connectivity index (χ2v) is 5.61. The van der Waals surface area contributed by atoms with Crippen molar-refractivity contribution < 1.29 is 0 Å². The summed E-state index contributed by atoms with van der Waals surface area (Å²) in [5, 5.41) is 0. The van der Waals surface area contributed by atoms with Crippen molar-refractivity contribution in [2.24, 2.45) is 11.7 Å². The predicted molar refractivity (Wildman–Crippen MR) is 76.2 cm³/mol. The molecule has 0 aliphatic heterocycles. The second-order valence-electron chi connectivity index (χ2n) is 5.61. The van der Waals surface area contributed by atoms with Crippen molar-refractivity contribution in [3.05, 3.63) is 35.4 Å². The van der Waals surface area contributed by atoms with Gasteiger partial charge in [0, 0.05) is 6.04 Å². The van der Waals surface area contributed by atoms with Gasteiger partial charge < -0.3 is 5.73 Å². The summed E-state index contributed by atoms with van der Waals surface area (Å²) in [6, 6.07) is 9.12. The standard InChI is InChI=1S/C16H27N/c1-13(2)6-4-9-16(17)11-10-15-8-5-7-14(3)12-15/h5,7-8,12-13,16H,4,6,9-11,17H2,1-3H3. The molecule has 1 aromatic rings. The molecule has 1 rings (SSSR count). The van der Waals surface area contributed by atoms with Crippen molar-refractivity contribution >= 4 is 0 Å². The lowest BCUT2D eigenvalue weighted by atomic mass is 9.98. The van der Waals surface area contributed by atoms with E-state index in [0.717, 1.165) is 18.8 Å². The first-order valence-electron chi connectivity index (χ1n) is 6.89. The van der Waals surface area contributed by atoms with Crippen LogP contribution in [0, 0.1) is 12.8 Å². The van der Waals surface area contributed by atoms with E-state index in [0.29, 0.717) is 6.04 Å². The van der Waals surface area contributed by atoms with Gasteiger partial charge in [0.2, 0.25) is 0 Å². The van der Waals surface area contributed by atoms with E-state index in [1.165, 1.54) is 30.4 Å². The van der Waals surface area contributed by atoms with Crippen LogP contribution in [0.3, 0.4) is 0 Å². The van der Waals surface area contributed by atoms with Crippen molar-refractivity contribution in [3.8, 4) is 0 Å². The average molecular weight is 233 g/mol. The minimum Gasteiger partial charge on any atom is -0.328 e. The first kappa shape index (κ1) is 14.2. The van der Waals surface area contributed by atoms with Gasteiger partial charge in [-0.15, -0.1) is 0 Å². The molecule has 17 heavy (non-hydrogen) atoms. The molecule has 0 aliphatic rings. The minimum atomic E-state index is 0.370. The SMILES string of the molecule is Cc1cccc(CCC(N)CCCC(C)C)c1. The number of hydrogen-bond donors (Lipinski definition) is 1. The maximum Gasteiger partial charge on any atom is 0.00419 e. The van der Waals surface area contributed by atoms with Gasteiger partial charge in [-0.1, -0.05) is 56.5 Å². The Balaban J connectivity index is 2.21. The number of nitrogens with two attached hydrogens (primary N) is 1. The lowest BCUT2D eigenvalue weighted by Crippen LogP contribution is -2.20. The fraction of sp³-hybridized carbons (Fsp3) is 0.625. The van der Waals surface area contributed by atoms with E-state index >= 15 is 0 Å². The fourth-order valence-electron chi connectivity index (χ4n) is 2.15. The molecular formula is C16H27N. The Bertz CT molecular complexity index is 317. The molecule has 1 atom stereocenters. The lowest BCUT2D eigenvalue weighted by Gasteiger charge is -2.12. The van der Waals surface area contributed by atoms with Gasteiger partial charge in [-0.05, 0) is 37.7 Å². The van der Waals surface area contributed by atoms with Crippen LogP contribution in [0.5, 0.6) is 0 Å². The summed E-state index contributed by atoms with van der Waals surface area (Å²) < 4.78 is 0. The Labute approximate surface area is 106 Å². The molecule has 0 radical (unpaired) electrons. The third-order valence-electron chi connectivity index (χ3n) is 3.24. The molecule has 1 unspecified atom stereocenters. The van der Waals surface area contributed by atoms with Crippen molar-refractivity contribution in [2.75, 3.05) is 0 Å². The molecule has 96 valence electrons. The highest BCUT2D eigenvalue weighted by atomic mass is 14.6. The van der Waals surface area contributed by atoms with Gasteiger partial charge in [0.25, 0.3) is 0 Å². The monoisotopic (exact) mass is 233 g/mol. The van der Waals surface area contributed by atoms with Crippen molar-refractivity contribution in [3.63, 3.8) is 0 Å². The van der Waals surface area contributed by atoms with E-state index < -0.39 is 0 Å². The van der Waals surface area contributed by atoms with Crippen LogP contribution in [0.15, 0.2) is 24.3 Å². The summed E-state index contributed by atoms with van der Waals surface area (Å²) in [6.45, 7) is 6.70. The lowest BCUT2D eigenvalue weighted by molar-refractivity contribution is 0.482. The first-order valence-corrected chi connectivity index (χ1v) is 6.89. The third-order valence-corrected chi connectivity index (χ3v) is 3.24. The summed E-state index contributed by atoms with van der Waals surface area (Å²) in [5.74, 6) is 0.805. The van der Waals surface area contributed by atoms with E-state index in [1.54, 1.807) is 0 Å². The Hall–Kier alpha value is -0.820. The van der Waals surface area contributed by atoms with Gasteiger partial charge in [-0.25, -0.2) is 0 Å². The van der Waals surface area contributed by atoms with E-state index in [-0.39, 0.29) is 0 Å². The highest BCUT2D eigenvalue weighted by Crippen LogP contribution is 2.12. The van der Waals surface area contributed by atoms with Crippen LogP contribution in [0.4, 0.5) is 0 Å². The predicted octanol–water partition coefficient (Wildman–Crippen LogP) is 4.08. The normalized spacial score (nSPS) is 13.0. The van der Waals surface area contributed by atoms with Crippen molar-refractivity contribution in [1.82, 2.24) is 0 Å². The van der Waals surface area contributed by atoms with Crippen LogP contribution in [0.25, 0.3) is 0 Å². The topological polar surface area (TPSA) is 26.0 Å². The summed E-state index contributed by atoms with van der Waals surface area (Å²) in [7, 11) is 0. The van der Waals surface area contributed by atoms with Gasteiger partial charge in [0.05, 0.1) is 0 Å². The van der Waals surface area contributed by atoms with Gasteiger partial charge in [-0.2, -0.15) is 0 Å². The van der Waals surface area contributed by atoms with E-state index in [4.69, 9.17) is 5.73 Å². The Morgan fingerprint density at radius 2 is 1.88 bits per heavy atom. The number of aryl methyl sites for hydroxylation is 2. The van der Waals surface area contributed by atoms with Crippen LogP contribution in [-0.4, -0.2) is 6.04 Å². The zero-order valence-corrected chi connectivity index (χ0v) is 11.6. The maximum atomic E-state index is 6.15. The van der Waals surface area contributed by atoms with Gasteiger partial charge in [0.1, 0.15) is 0 Å². The Morgan fingerprint density at radius 3 is 2.53 bits per heavy atom. The first-order chi connectivity index (χ1) is 8.08. The summed E-state index contributed by atoms with van der Waals surface area (Å²) in [4.78, 5) is 0. The van der Waals surface area contributed by atoms with Gasteiger partial charge in [0.15, 0.2) is 0 Å². The van der Waals surface area contributed by atoms with Gasteiger partial charge in [-0.3, -0.25) is 0 Å². The molecular weight excluding hydrogens is 206 g/mol. The summed E-state index contributed by atoms with van der Waals surface area (Å²) in [6.07, 6.45) is 5.97. The van der Waals surface area contributed by atoms with E-state index in [9.17, 15) is 0 Å². The molecule has 1 heteroatoms. The molecule has 1 nitrogen and oxygen atoms in total. The molecule has 0 bridgehead atoms. The molecule has 0 aliphatic carbocycles. The van der Waals surface area contributed by atoms with Crippen LogP contribution in [-0.2, 0) is 6.42 Å². The van der Waals surface area contributed by atoms with Crippen LogP contribution < -0.4 is 5.73 Å². The number of hydrogen-bond acceptors (Lipinski definition) is 1.